The lowest BCUT2D eigenvalue weighted by molar-refractivity contribution is -0.127. The Hall–Kier alpha value is 0.0569. The average Bonchev–Trinajstić information content (AvgIpc) is 3.24. The Kier molecular flexibility index (Phi) is 6.46. The second-order valence-electron chi connectivity index (χ2n) is 11.2. The summed E-state index contributed by atoms with van der Waals surface area (Å²) in [5.41, 5.74) is 1.86. The molecule has 0 aromatic rings. The number of allylic oxidation sites excluding steroid dienone is 4. The van der Waals surface area contributed by atoms with E-state index < -0.39 is 8.32 Å². The Bertz CT molecular complexity index is 683. The molecule has 0 radical (unpaired) electrons. The van der Waals surface area contributed by atoms with E-state index in [-0.39, 0.29) is 22.3 Å². The van der Waals surface area contributed by atoms with E-state index >= 15 is 0 Å². The van der Waals surface area contributed by atoms with E-state index in [1.54, 1.807) is 5.57 Å². The van der Waals surface area contributed by atoms with Gasteiger partial charge in [0.2, 0.25) is 0 Å². The van der Waals surface area contributed by atoms with E-state index in [1.807, 2.05) is 0 Å². The smallest absolute Gasteiger partial charge is 0.191 e. The standard InChI is InChI=1S/C24H39IO2Si/c1-16(25)10-11-18(15-27-28(6,7)23(2,3)4)19-13-12-17-9-8-14-24(5)20(17)21(24)22(19)26/h9-10,18-21H,8,11-15H2,1-7H3/b16-10-/t18-,19-,20-,21+,24+/m1/s1. The molecule has 3 rings (SSSR count). The topological polar surface area (TPSA) is 26.3 Å². The van der Waals surface area contributed by atoms with Crippen LogP contribution in [0.15, 0.2) is 21.3 Å². The lowest BCUT2D eigenvalue weighted by Crippen LogP contribution is -2.43. The van der Waals surface area contributed by atoms with Crippen molar-refractivity contribution in [2.45, 2.75) is 84.9 Å². The van der Waals surface area contributed by atoms with Crippen molar-refractivity contribution < 1.29 is 9.22 Å². The molecule has 0 spiro atoms. The van der Waals surface area contributed by atoms with Crippen molar-refractivity contribution in [3.63, 3.8) is 0 Å². The number of Topliss-reactive ketones (excluding diaryl/α,β-unsaturated/α-hetero) is 1. The average molecular weight is 515 g/mol. The number of carbonyl (C=O) groups excluding carboxylic acids is 1. The molecule has 0 bridgehead atoms. The summed E-state index contributed by atoms with van der Waals surface area (Å²) >= 11 is 2.39. The van der Waals surface area contributed by atoms with Crippen LogP contribution in [0.1, 0.15) is 66.7 Å². The fourth-order valence-corrected chi connectivity index (χ4v) is 6.63. The maximum Gasteiger partial charge on any atom is 0.191 e. The molecular formula is C24H39IO2Si. The van der Waals surface area contributed by atoms with Gasteiger partial charge in [0.1, 0.15) is 5.78 Å². The summed E-state index contributed by atoms with van der Waals surface area (Å²) in [6.07, 6.45) is 10.2. The first-order chi connectivity index (χ1) is 12.9. The molecule has 0 unspecified atom stereocenters. The molecule has 2 saturated carbocycles. The molecule has 4 heteroatoms. The maximum atomic E-state index is 13.6. The zero-order valence-corrected chi connectivity index (χ0v) is 22.1. The molecule has 3 aliphatic rings. The number of rotatable bonds is 6. The van der Waals surface area contributed by atoms with Crippen LogP contribution in [-0.2, 0) is 9.22 Å². The summed E-state index contributed by atoms with van der Waals surface area (Å²) in [6, 6.07) is 0. The number of halogens is 1. The van der Waals surface area contributed by atoms with Crippen LogP contribution >= 0.6 is 22.6 Å². The monoisotopic (exact) mass is 514 g/mol. The Balaban J connectivity index is 1.80. The highest BCUT2D eigenvalue weighted by Gasteiger charge is 2.67. The van der Waals surface area contributed by atoms with E-state index in [4.69, 9.17) is 4.43 Å². The van der Waals surface area contributed by atoms with Crippen molar-refractivity contribution >= 4 is 36.7 Å². The summed E-state index contributed by atoms with van der Waals surface area (Å²) in [6.45, 7) is 16.8. The van der Waals surface area contributed by atoms with Crippen molar-refractivity contribution in [3.8, 4) is 0 Å². The van der Waals surface area contributed by atoms with Gasteiger partial charge in [-0.2, -0.15) is 0 Å². The fraction of sp³-hybridized carbons (Fsp3) is 0.792. The first kappa shape index (κ1) is 22.7. The molecule has 0 aromatic heterocycles. The number of fused-ring (bicyclic) bond motifs is 1. The van der Waals surface area contributed by atoms with Gasteiger partial charge in [0, 0.05) is 18.4 Å². The molecule has 2 fully saturated rings. The van der Waals surface area contributed by atoms with Crippen LogP contribution < -0.4 is 0 Å². The van der Waals surface area contributed by atoms with Gasteiger partial charge in [-0.25, -0.2) is 0 Å². The maximum absolute atomic E-state index is 13.6. The molecule has 3 aliphatic carbocycles. The SMILES string of the molecule is C/C(I)=C/C[C@H](CO[Si](C)(C)C(C)(C)C)[C@H]1CCC2=CCC[C@]3(C)[C@H](C1=O)[C@@H]23. The molecule has 5 atom stereocenters. The largest absolute Gasteiger partial charge is 0.417 e. The normalized spacial score (nSPS) is 34.4. The third-order valence-electron chi connectivity index (χ3n) is 8.29. The fourth-order valence-electron chi connectivity index (χ4n) is 5.31. The Morgan fingerprint density at radius 2 is 2.07 bits per heavy atom. The highest BCUT2D eigenvalue weighted by Crippen LogP contribution is 2.69. The lowest BCUT2D eigenvalue weighted by atomic mass is 9.78. The summed E-state index contributed by atoms with van der Waals surface area (Å²) in [5, 5.41) is 0.205. The van der Waals surface area contributed by atoms with Gasteiger partial charge in [0.15, 0.2) is 8.32 Å². The van der Waals surface area contributed by atoms with Crippen LogP contribution in [0, 0.1) is 29.1 Å². The van der Waals surface area contributed by atoms with E-state index in [9.17, 15) is 4.79 Å². The van der Waals surface area contributed by atoms with Crippen molar-refractivity contribution in [3.05, 3.63) is 21.3 Å². The summed E-state index contributed by atoms with van der Waals surface area (Å²) < 4.78 is 7.95. The minimum Gasteiger partial charge on any atom is -0.417 e. The Labute approximate surface area is 187 Å². The van der Waals surface area contributed by atoms with E-state index in [2.05, 4.69) is 82.5 Å². The second kappa shape index (κ2) is 7.95. The van der Waals surface area contributed by atoms with Gasteiger partial charge in [-0.15, -0.1) is 0 Å². The van der Waals surface area contributed by atoms with Crippen LogP contribution in [0.25, 0.3) is 0 Å². The second-order valence-corrected chi connectivity index (χ2v) is 17.7. The van der Waals surface area contributed by atoms with Crippen molar-refractivity contribution in [2.75, 3.05) is 6.61 Å². The van der Waals surface area contributed by atoms with Crippen LogP contribution in [0.2, 0.25) is 18.1 Å². The predicted molar refractivity (Wildman–Crippen MR) is 129 cm³/mol. The quantitative estimate of drug-likeness (QED) is 0.211. The molecule has 0 N–H and O–H groups in total. The molecule has 158 valence electrons. The zero-order chi connectivity index (χ0) is 20.9. The van der Waals surface area contributed by atoms with Crippen LogP contribution in [0.4, 0.5) is 0 Å². The number of carbonyl (C=O) groups is 1. The highest BCUT2D eigenvalue weighted by molar-refractivity contribution is 14.1. The summed E-state index contributed by atoms with van der Waals surface area (Å²) in [5.74, 6) is 1.88. The zero-order valence-electron chi connectivity index (χ0n) is 18.9. The summed E-state index contributed by atoms with van der Waals surface area (Å²) in [4.78, 5) is 13.6. The van der Waals surface area contributed by atoms with Crippen LogP contribution in [-0.4, -0.2) is 20.7 Å². The first-order valence-corrected chi connectivity index (χ1v) is 15.1. The van der Waals surface area contributed by atoms with Gasteiger partial charge in [-0.1, -0.05) is 45.4 Å². The highest BCUT2D eigenvalue weighted by atomic mass is 127. The van der Waals surface area contributed by atoms with Crippen LogP contribution in [0.3, 0.4) is 0 Å². The third-order valence-corrected chi connectivity index (χ3v) is 13.2. The third kappa shape index (κ3) is 4.25. The van der Waals surface area contributed by atoms with Crippen molar-refractivity contribution in [1.29, 1.82) is 0 Å². The number of ketones is 1. The molecule has 0 heterocycles. The predicted octanol–water partition coefficient (Wildman–Crippen LogP) is 7.30. The lowest BCUT2D eigenvalue weighted by Gasteiger charge is -2.38. The van der Waals surface area contributed by atoms with Crippen LogP contribution in [0.5, 0.6) is 0 Å². The van der Waals surface area contributed by atoms with E-state index in [0.29, 0.717) is 17.6 Å². The van der Waals surface area contributed by atoms with Gasteiger partial charge < -0.3 is 4.43 Å². The van der Waals surface area contributed by atoms with Crippen molar-refractivity contribution in [1.82, 2.24) is 0 Å². The van der Waals surface area contributed by atoms with Crippen molar-refractivity contribution in [2.24, 2.45) is 29.1 Å². The first-order valence-electron chi connectivity index (χ1n) is 11.1. The molecular weight excluding hydrogens is 475 g/mol. The molecule has 0 aliphatic heterocycles. The molecule has 0 saturated heterocycles. The Morgan fingerprint density at radius 1 is 1.39 bits per heavy atom. The van der Waals surface area contributed by atoms with E-state index in [1.165, 1.54) is 16.4 Å². The Morgan fingerprint density at radius 3 is 2.68 bits per heavy atom. The van der Waals surface area contributed by atoms with E-state index in [0.717, 1.165) is 25.9 Å². The van der Waals surface area contributed by atoms with Gasteiger partial charge in [0.05, 0.1) is 0 Å². The van der Waals surface area contributed by atoms with Gasteiger partial charge in [-0.05, 0) is 101 Å². The van der Waals surface area contributed by atoms with Gasteiger partial charge in [0.25, 0.3) is 0 Å². The van der Waals surface area contributed by atoms with Gasteiger partial charge >= 0.3 is 0 Å². The van der Waals surface area contributed by atoms with Gasteiger partial charge in [-0.3, -0.25) is 4.79 Å². The molecule has 0 aromatic carbocycles. The summed E-state index contributed by atoms with van der Waals surface area (Å²) in [7, 11) is -1.81. The number of hydrogen-bond acceptors (Lipinski definition) is 2. The number of hydrogen-bond donors (Lipinski definition) is 0. The molecule has 28 heavy (non-hydrogen) atoms. The molecule has 0 amide bonds. The minimum absolute atomic E-state index is 0.162. The minimum atomic E-state index is -1.81. The molecule has 2 nitrogen and oxygen atoms in total.